The van der Waals surface area contributed by atoms with Crippen LogP contribution in [0.5, 0.6) is 5.75 Å². The average Bonchev–Trinajstić information content (AvgIpc) is 2.84. The number of aliphatic hydroxyl groups is 1. The van der Waals surface area contributed by atoms with Gasteiger partial charge >= 0.3 is 0 Å². The largest absolute Gasteiger partial charge is 0.496 e. The van der Waals surface area contributed by atoms with Gasteiger partial charge in [-0.3, -0.25) is 4.79 Å². The van der Waals surface area contributed by atoms with Crippen LogP contribution >= 0.6 is 23.2 Å². The lowest BCUT2D eigenvalue weighted by molar-refractivity contribution is 0.0924. The molecule has 0 aromatic heterocycles. The Morgan fingerprint density at radius 2 is 2.15 bits per heavy atom. The number of rotatable bonds is 4. The Hall–Kier alpha value is -1.01. The highest BCUT2D eigenvalue weighted by molar-refractivity contribution is 6.42. The van der Waals surface area contributed by atoms with Crippen LogP contribution in [0.1, 0.15) is 10.4 Å². The summed E-state index contributed by atoms with van der Waals surface area (Å²) in [6.07, 6.45) is -0.439. The number of halogens is 2. The van der Waals surface area contributed by atoms with E-state index in [9.17, 15) is 9.90 Å². The number of benzene rings is 1. The Labute approximate surface area is 127 Å². The molecule has 0 spiro atoms. The predicted molar refractivity (Wildman–Crippen MR) is 77.7 cm³/mol. The van der Waals surface area contributed by atoms with Gasteiger partial charge in [0.15, 0.2) is 0 Å². The minimum atomic E-state index is -0.439. The predicted octanol–water partition coefficient (Wildman–Crippen LogP) is 1.31. The van der Waals surface area contributed by atoms with Crippen LogP contribution in [0.3, 0.4) is 0 Å². The molecule has 1 saturated heterocycles. The van der Waals surface area contributed by atoms with E-state index in [0.717, 1.165) is 0 Å². The summed E-state index contributed by atoms with van der Waals surface area (Å²) in [7, 11) is 1.46. The highest BCUT2D eigenvalue weighted by Gasteiger charge is 2.25. The average molecular weight is 319 g/mol. The molecule has 1 heterocycles. The SMILES string of the molecule is COc1cc(Cl)c(Cl)cc1C(=O)NCC1CNCC1O. The van der Waals surface area contributed by atoms with Crippen LogP contribution < -0.4 is 15.4 Å². The van der Waals surface area contributed by atoms with Crippen molar-refractivity contribution in [1.29, 1.82) is 0 Å². The van der Waals surface area contributed by atoms with E-state index in [-0.39, 0.29) is 11.8 Å². The van der Waals surface area contributed by atoms with Crippen molar-refractivity contribution in [3.63, 3.8) is 0 Å². The third-order valence-corrected chi connectivity index (χ3v) is 4.04. The number of carbonyl (C=O) groups excluding carboxylic acids is 1. The van der Waals surface area contributed by atoms with Crippen LogP contribution in [0, 0.1) is 5.92 Å². The minimum Gasteiger partial charge on any atom is -0.496 e. The summed E-state index contributed by atoms with van der Waals surface area (Å²) in [6, 6.07) is 2.98. The molecule has 20 heavy (non-hydrogen) atoms. The van der Waals surface area contributed by atoms with Gasteiger partial charge in [0.25, 0.3) is 5.91 Å². The van der Waals surface area contributed by atoms with Gasteiger partial charge in [-0.2, -0.15) is 0 Å². The second-order valence-corrected chi connectivity index (χ2v) is 5.48. The fourth-order valence-electron chi connectivity index (χ4n) is 2.12. The van der Waals surface area contributed by atoms with Crippen molar-refractivity contribution >= 4 is 29.1 Å². The Kier molecular flexibility index (Phi) is 5.10. The molecule has 5 nitrogen and oxygen atoms in total. The van der Waals surface area contributed by atoms with E-state index in [0.29, 0.717) is 41.0 Å². The summed E-state index contributed by atoms with van der Waals surface area (Å²) in [6.45, 7) is 1.62. The topological polar surface area (TPSA) is 70.6 Å². The molecule has 0 aliphatic carbocycles. The summed E-state index contributed by atoms with van der Waals surface area (Å²) in [5.74, 6) is 0.0641. The minimum absolute atomic E-state index is 0.00715. The van der Waals surface area contributed by atoms with Crippen molar-refractivity contribution in [3.05, 3.63) is 27.7 Å². The molecule has 3 N–H and O–H groups in total. The smallest absolute Gasteiger partial charge is 0.255 e. The molecule has 0 saturated carbocycles. The molecule has 1 aromatic carbocycles. The van der Waals surface area contributed by atoms with Crippen molar-refractivity contribution < 1.29 is 14.6 Å². The van der Waals surface area contributed by atoms with E-state index < -0.39 is 6.10 Å². The highest BCUT2D eigenvalue weighted by Crippen LogP contribution is 2.30. The maximum atomic E-state index is 12.2. The zero-order valence-electron chi connectivity index (χ0n) is 11.0. The Balaban J connectivity index is 2.07. The Morgan fingerprint density at radius 1 is 1.45 bits per heavy atom. The number of carbonyl (C=O) groups is 1. The lowest BCUT2D eigenvalue weighted by Crippen LogP contribution is -2.34. The first kappa shape index (κ1) is 15.4. The standard InChI is InChI=1S/C13H16Cl2N2O3/c1-20-12-3-10(15)9(14)2-8(12)13(19)17-5-7-4-16-6-11(7)18/h2-3,7,11,16,18H,4-6H2,1H3,(H,17,19). The van der Waals surface area contributed by atoms with Gasteiger partial charge in [0, 0.05) is 31.6 Å². The highest BCUT2D eigenvalue weighted by atomic mass is 35.5. The molecule has 1 aromatic rings. The number of ether oxygens (including phenoxy) is 1. The van der Waals surface area contributed by atoms with Gasteiger partial charge in [0.2, 0.25) is 0 Å². The van der Waals surface area contributed by atoms with Crippen LogP contribution in [0.15, 0.2) is 12.1 Å². The van der Waals surface area contributed by atoms with Crippen LogP contribution in [0.25, 0.3) is 0 Å². The van der Waals surface area contributed by atoms with Crippen LogP contribution in [-0.2, 0) is 0 Å². The summed E-state index contributed by atoms with van der Waals surface area (Å²) in [5, 5.41) is 16.1. The molecule has 1 aliphatic heterocycles. The molecule has 2 atom stereocenters. The summed E-state index contributed by atoms with van der Waals surface area (Å²) < 4.78 is 5.13. The van der Waals surface area contributed by atoms with Gasteiger partial charge in [-0.25, -0.2) is 0 Å². The molecule has 1 aliphatic rings. The number of hydrogen-bond acceptors (Lipinski definition) is 4. The normalized spacial score (nSPS) is 21.8. The van der Waals surface area contributed by atoms with Gasteiger partial charge < -0.3 is 20.5 Å². The second-order valence-electron chi connectivity index (χ2n) is 4.66. The van der Waals surface area contributed by atoms with Crippen LogP contribution in [0.2, 0.25) is 10.0 Å². The van der Waals surface area contributed by atoms with Crippen molar-refractivity contribution in [2.75, 3.05) is 26.7 Å². The summed E-state index contributed by atoms with van der Waals surface area (Å²) in [5.41, 5.74) is 0.322. The monoisotopic (exact) mass is 318 g/mol. The van der Waals surface area contributed by atoms with Crippen molar-refractivity contribution in [2.24, 2.45) is 5.92 Å². The zero-order chi connectivity index (χ0) is 14.7. The fraction of sp³-hybridized carbons (Fsp3) is 0.462. The third kappa shape index (κ3) is 3.35. The fourth-order valence-corrected chi connectivity index (χ4v) is 2.44. The van der Waals surface area contributed by atoms with E-state index in [2.05, 4.69) is 10.6 Å². The van der Waals surface area contributed by atoms with E-state index >= 15 is 0 Å². The van der Waals surface area contributed by atoms with E-state index in [4.69, 9.17) is 27.9 Å². The summed E-state index contributed by atoms with van der Waals surface area (Å²) >= 11 is 11.8. The van der Waals surface area contributed by atoms with E-state index in [1.54, 1.807) is 0 Å². The second kappa shape index (κ2) is 6.63. The maximum absolute atomic E-state index is 12.2. The lowest BCUT2D eigenvalue weighted by Gasteiger charge is -2.15. The molecular weight excluding hydrogens is 303 g/mol. The Bertz CT molecular complexity index is 511. The van der Waals surface area contributed by atoms with Gasteiger partial charge in [-0.1, -0.05) is 23.2 Å². The van der Waals surface area contributed by atoms with Crippen molar-refractivity contribution in [2.45, 2.75) is 6.10 Å². The van der Waals surface area contributed by atoms with Gasteiger partial charge in [-0.15, -0.1) is 0 Å². The molecule has 0 radical (unpaired) electrons. The zero-order valence-corrected chi connectivity index (χ0v) is 12.5. The number of amides is 1. The van der Waals surface area contributed by atoms with Gasteiger partial charge in [0.1, 0.15) is 5.75 Å². The lowest BCUT2D eigenvalue weighted by atomic mass is 10.1. The molecule has 1 amide bonds. The van der Waals surface area contributed by atoms with E-state index in [1.165, 1.54) is 19.2 Å². The molecule has 1 fully saturated rings. The first-order valence-corrected chi connectivity index (χ1v) is 6.98. The molecular formula is C13H16Cl2N2O3. The molecule has 0 bridgehead atoms. The first-order valence-electron chi connectivity index (χ1n) is 6.23. The number of β-amino-alcohol motifs (C(OH)–C–C–N with tert-alkyl or cyclic N) is 1. The van der Waals surface area contributed by atoms with Crippen LogP contribution in [-0.4, -0.2) is 43.9 Å². The molecule has 7 heteroatoms. The maximum Gasteiger partial charge on any atom is 0.255 e. The van der Waals surface area contributed by atoms with E-state index in [1.807, 2.05) is 0 Å². The molecule has 110 valence electrons. The molecule has 2 rings (SSSR count). The Morgan fingerprint density at radius 3 is 2.75 bits per heavy atom. The third-order valence-electron chi connectivity index (χ3n) is 3.32. The number of aliphatic hydroxyl groups excluding tert-OH is 1. The van der Waals surface area contributed by atoms with Gasteiger partial charge in [-0.05, 0) is 6.07 Å². The van der Waals surface area contributed by atoms with Crippen molar-refractivity contribution in [3.8, 4) is 5.75 Å². The number of nitrogens with one attached hydrogen (secondary N) is 2. The van der Waals surface area contributed by atoms with Crippen molar-refractivity contribution in [1.82, 2.24) is 10.6 Å². The van der Waals surface area contributed by atoms with Gasteiger partial charge in [0.05, 0.1) is 28.8 Å². The first-order chi connectivity index (χ1) is 9.52. The molecule has 2 unspecified atom stereocenters. The number of methoxy groups -OCH3 is 1. The van der Waals surface area contributed by atoms with Crippen LogP contribution in [0.4, 0.5) is 0 Å². The summed E-state index contributed by atoms with van der Waals surface area (Å²) in [4.78, 5) is 12.2. The quantitative estimate of drug-likeness (QED) is 0.783. The number of hydrogen-bond donors (Lipinski definition) is 3.